The van der Waals surface area contributed by atoms with Crippen molar-refractivity contribution in [1.29, 1.82) is 0 Å². The number of ether oxygens (including phenoxy) is 2. The van der Waals surface area contributed by atoms with Gasteiger partial charge in [0, 0.05) is 35.8 Å². The first-order valence-corrected chi connectivity index (χ1v) is 5.87. The lowest BCUT2D eigenvalue weighted by molar-refractivity contribution is 0.0600. The first kappa shape index (κ1) is 13.0. The lowest BCUT2D eigenvalue weighted by Crippen LogP contribution is -2.01. The van der Waals surface area contributed by atoms with Gasteiger partial charge in [0.05, 0.1) is 19.3 Å². The number of carbonyl (C=O) groups excluding carboxylic acids is 1. The molecule has 2 aromatic heterocycles. The highest BCUT2D eigenvalue weighted by atomic mass is 16.5. The van der Waals surface area contributed by atoms with Crippen molar-refractivity contribution in [3.05, 3.63) is 42.4 Å². The molecule has 98 valence electrons. The average Bonchev–Trinajstić information content (AvgIpc) is 2.48. The van der Waals surface area contributed by atoms with Gasteiger partial charge in [-0.3, -0.25) is 4.98 Å². The van der Waals surface area contributed by atoms with Gasteiger partial charge >= 0.3 is 5.97 Å². The normalized spacial score (nSPS) is 10.0. The van der Waals surface area contributed by atoms with E-state index in [4.69, 9.17) is 4.74 Å². The highest BCUT2D eigenvalue weighted by Crippen LogP contribution is 2.20. The number of hydrogen-bond acceptors (Lipinski definition) is 5. The fourth-order valence-corrected chi connectivity index (χ4v) is 1.61. The topological polar surface area (TPSA) is 61.3 Å². The molecular formula is C14H14N2O3. The molecule has 0 aromatic carbocycles. The van der Waals surface area contributed by atoms with Gasteiger partial charge in [0.25, 0.3) is 0 Å². The largest absolute Gasteiger partial charge is 0.478 e. The Morgan fingerprint density at radius 2 is 2.05 bits per heavy atom. The van der Waals surface area contributed by atoms with Crippen LogP contribution in [0.2, 0.25) is 0 Å². The monoisotopic (exact) mass is 258 g/mol. The molecule has 0 spiro atoms. The Kier molecular flexibility index (Phi) is 4.07. The molecule has 5 nitrogen and oxygen atoms in total. The molecular weight excluding hydrogens is 244 g/mol. The Balaban J connectivity index is 2.28. The van der Waals surface area contributed by atoms with Crippen molar-refractivity contribution in [2.45, 2.75) is 6.92 Å². The van der Waals surface area contributed by atoms with Gasteiger partial charge in [0.1, 0.15) is 0 Å². The molecule has 19 heavy (non-hydrogen) atoms. The second-order valence-corrected chi connectivity index (χ2v) is 3.77. The lowest BCUT2D eigenvalue weighted by Gasteiger charge is -2.05. The molecule has 2 aromatic rings. The summed E-state index contributed by atoms with van der Waals surface area (Å²) in [6.45, 7) is 2.48. The smallest absolute Gasteiger partial charge is 0.339 e. The van der Waals surface area contributed by atoms with Crippen LogP contribution in [-0.2, 0) is 4.74 Å². The van der Waals surface area contributed by atoms with Crippen LogP contribution >= 0.6 is 0 Å². The zero-order valence-electron chi connectivity index (χ0n) is 10.8. The van der Waals surface area contributed by atoms with Gasteiger partial charge in [-0.2, -0.15) is 0 Å². The summed E-state index contributed by atoms with van der Waals surface area (Å²) in [4.78, 5) is 19.6. The number of pyridine rings is 2. The van der Waals surface area contributed by atoms with Gasteiger partial charge < -0.3 is 9.47 Å². The van der Waals surface area contributed by atoms with Crippen molar-refractivity contribution in [2.24, 2.45) is 0 Å². The quantitative estimate of drug-likeness (QED) is 0.788. The summed E-state index contributed by atoms with van der Waals surface area (Å²) < 4.78 is 9.94. The van der Waals surface area contributed by atoms with Gasteiger partial charge in [0.15, 0.2) is 0 Å². The highest BCUT2D eigenvalue weighted by molar-refractivity contribution is 5.90. The van der Waals surface area contributed by atoms with Crippen LogP contribution in [0.1, 0.15) is 17.3 Å². The fraction of sp³-hybridized carbons (Fsp3) is 0.214. The molecule has 5 heteroatoms. The van der Waals surface area contributed by atoms with E-state index in [1.54, 1.807) is 24.5 Å². The molecule has 0 aliphatic rings. The molecule has 0 aliphatic heterocycles. The molecule has 2 rings (SSSR count). The predicted molar refractivity (Wildman–Crippen MR) is 70.0 cm³/mol. The summed E-state index contributed by atoms with van der Waals surface area (Å²) in [5.41, 5.74) is 2.08. The average molecular weight is 258 g/mol. The van der Waals surface area contributed by atoms with E-state index < -0.39 is 5.97 Å². The molecule has 0 aliphatic carbocycles. The summed E-state index contributed by atoms with van der Waals surface area (Å²) in [5, 5.41) is 0. The molecule has 0 radical (unpaired) electrons. The van der Waals surface area contributed by atoms with E-state index in [1.165, 1.54) is 13.3 Å². The minimum atomic E-state index is -0.409. The number of hydrogen-bond donors (Lipinski definition) is 0. The summed E-state index contributed by atoms with van der Waals surface area (Å²) in [5.74, 6) is 0.163. The number of methoxy groups -OCH3 is 1. The van der Waals surface area contributed by atoms with E-state index in [0.29, 0.717) is 18.1 Å². The third-order valence-corrected chi connectivity index (χ3v) is 2.52. The molecule has 0 atom stereocenters. The molecule has 0 unspecified atom stereocenters. The van der Waals surface area contributed by atoms with Gasteiger partial charge in [-0.15, -0.1) is 0 Å². The van der Waals surface area contributed by atoms with E-state index in [-0.39, 0.29) is 0 Å². The molecule has 0 fully saturated rings. The SMILES string of the molecule is CCOc1ccc(-c2cncc(C(=O)OC)c2)cn1. The molecule has 0 saturated heterocycles. The number of nitrogens with zero attached hydrogens (tertiary/aromatic N) is 2. The van der Waals surface area contributed by atoms with Crippen LogP contribution in [0.4, 0.5) is 0 Å². The van der Waals surface area contributed by atoms with Crippen molar-refractivity contribution in [1.82, 2.24) is 9.97 Å². The second kappa shape index (κ2) is 5.95. The molecule has 0 N–H and O–H groups in total. The zero-order valence-corrected chi connectivity index (χ0v) is 10.8. The minimum absolute atomic E-state index is 0.409. The van der Waals surface area contributed by atoms with Crippen molar-refractivity contribution in [3.63, 3.8) is 0 Å². The van der Waals surface area contributed by atoms with Gasteiger partial charge in [-0.1, -0.05) is 0 Å². The first-order chi connectivity index (χ1) is 9.24. The molecule has 0 bridgehead atoms. The van der Waals surface area contributed by atoms with E-state index in [1.807, 2.05) is 13.0 Å². The fourth-order valence-electron chi connectivity index (χ4n) is 1.61. The van der Waals surface area contributed by atoms with Crippen molar-refractivity contribution in [2.75, 3.05) is 13.7 Å². The Labute approximate surface area is 111 Å². The van der Waals surface area contributed by atoms with Crippen LogP contribution in [0.25, 0.3) is 11.1 Å². The molecule has 2 heterocycles. The predicted octanol–water partition coefficient (Wildman–Crippen LogP) is 2.33. The second-order valence-electron chi connectivity index (χ2n) is 3.77. The third-order valence-electron chi connectivity index (χ3n) is 2.52. The van der Waals surface area contributed by atoms with Crippen LogP contribution < -0.4 is 4.74 Å². The molecule has 0 saturated carbocycles. The number of rotatable bonds is 4. The summed E-state index contributed by atoms with van der Waals surface area (Å²) in [6.07, 6.45) is 4.82. The Morgan fingerprint density at radius 1 is 1.21 bits per heavy atom. The van der Waals surface area contributed by atoms with Crippen LogP contribution in [0.5, 0.6) is 5.88 Å². The van der Waals surface area contributed by atoms with E-state index >= 15 is 0 Å². The maximum atomic E-state index is 11.4. The first-order valence-electron chi connectivity index (χ1n) is 5.87. The molecule has 0 amide bonds. The summed E-state index contributed by atoms with van der Waals surface area (Å²) >= 11 is 0. The van der Waals surface area contributed by atoms with E-state index in [9.17, 15) is 4.79 Å². The number of carbonyl (C=O) groups is 1. The minimum Gasteiger partial charge on any atom is -0.478 e. The lowest BCUT2D eigenvalue weighted by atomic mass is 10.1. The van der Waals surface area contributed by atoms with Gasteiger partial charge in [-0.25, -0.2) is 9.78 Å². The van der Waals surface area contributed by atoms with E-state index in [2.05, 4.69) is 14.7 Å². The maximum Gasteiger partial charge on any atom is 0.339 e. The Morgan fingerprint density at radius 3 is 2.68 bits per heavy atom. The van der Waals surface area contributed by atoms with Crippen LogP contribution in [0.15, 0.2) is 36.8 Å². The van der Waals surface area contributed by atoms with Crippen LogP contribution in [-0.4, -0.2) is 29.7 Å². The van der Waals surface area contributed by atoms with Crippen molar-refractivity contribution < 1.29 is 14.3 Å². The van der Waals surface area contributed by atoms with Gasteiger partial charge in [0.2, 0.25) is 5.88 Å². The standard InChI is InChI=1S/C14H14N2O3/c1-3-19-13-5-4-10(9-16-13)11-6-12(8-15-7-11)14(17)18-2/h4-9H,3H2,1-2H3. The third kappa shape index (κ3) is 3.07. The van der Waals surface area contributed by atoms with Gasteiger partial charge in [-0.05, 0) is 19.1 Å². The van der Waals surface area contributed by atoms with Crippen LogP contribution in [0.3, 0.4) is 0 Å². The van der Waals surface area contributed by atoms with E-state index in [0.717, 1.165) is 11.1 Å². The Hall–Kier alpha value is -2.43. The number of esters is 1. The summed E-state index contributed by atoms with van der Waals surface area (Å²) in [6, 6.07) is 5.37. The maximum absolute atomic E-state index is 11.4. The van der Waals surface area contributed by atoms with Crippen LogP contribution in [0, 0.1) is 0 Å². The zero-order chi connectivity index (χ0) is 13.7. The highest BCUT2D eigenvalue weighted by Gasteiger charge is 2.08. The number of aromatic nitrogens is 2. The van der Waals surface area contributed by atoms with Crippen molar-refractivity contribution in [3.8, 4) is 17.0 Å². The summed E-state index contributed by atoms with van der Waals surface area (Å²) in [7, 11) is 1.34. The Bertz CT molecular complexity index is 567. The van der Waals surface area contributed by atoms with Crippen molar-refractivity contribution >= 4 is 5.97 Å².